The van der Waals surface area contributed by atoms with Gasteiger partial charge in [-0.3, -0.25) is 4.79 Å². The van der Waals surface area contributed by atoms with Crippen LogP contribution in [0.4, 0.5) is 0 Å². The Kier molecular flexibility index (Phi) is 8.59. The molecule has 1 fully saturated rings. The van der Waals surface area contributed by atoms with E-state index in [9.17, 15) is 13.2 Å². The lowest BCUT2D eigenvalue weighted by atomic mass is 9.86. The highest BCUT2D eigenvalue weighted by Gasteiger charge is 2.35. The number of benzene rings is 2. The highest BCUT2D eigenvalue weighted by molar-refractivity contribution is 7.91. The van der Waals surface area contributed by atoms with Gasteiger partial charge >= 0.3 is 0 Å². The molecule has 8 heteroatoms. The predicted molar refractivity (Wildman–Crippen MR) is 139 cm³/mol. The number of sulfone groups is 1. The molecular formula is C26H33Cl2NO4S. The molecule has 0 radical (unpaired) electrons. The number of rotatable bonds is 8. The summed E-state index contributed by atoms with van der Waals surface area (Å²) < 4.78 is 30.1. The number of carbonyl (C=O) groups is 1. The number of carbonyl (C=O) groups excluding carboxylic acids is 1. The largest absolute Gasteiger partial charge is 0.490 e. The number of ether oxygens (including phenoxy) is 1. The zero-order chi connectivity index (χ0) is 25.1. The van der Waals surface area contributed by atoms with Gasteiger partial charge in [-0.05, 0) is 41.5 Å². The minimum Gasteiger partial charge on any atom is -0.490 e. The Labute approximate surface area is 213 Å². The second-order valence-corrected chi connectivity index (χ2v) is 13.0. The Morgan fingerprint density at radius 1 is 1.12 bits per heavy atom. The first-order valence-corrected chi connectivity index (χ1v) is 14.2. The van der Waals surface area contributed by atoms with E-state index in [0.29, 0.717) is 30.9 Å². The molecule has 0 aliphatic carbocycles. The van der Waals surface area contributed by atoms with Gasteiger partial charge in [0.05, 0.1) is 28.2 Å². The van der Waals surface area contributed by atoms with E-state index in [1.54, 1.807) is 17.0 Å². The molecule has 0 N–H and O–H groups in total. The highest BCUT2D eigenvalue weighted by Crippen LogP contribution is 2.35. The Morgan fingerprint density at radius 2 is 1.74 bits per heavy atom. The molecule has 1 saturated heterocycles. The highest BCUT2D eigenvalue weighted by atomic mass is 35.5. The molecule has 1 atom stereocenters. The molecule has 0 bridgehead atoms. The van der Waals surface area contributed by atoms with E-state index < -0.39 is 15.9 Å². The first kappa shape index (κ1) is 26.8. The summed E-state index contributed by atoms with van der Waals surface area (Å²) in [6, 6.07) is 10.8. The third-order valence-corrected chi connectivity index (χ3v) is 8.38. The molecule has 1 aliphatic heterocycles. The standard InChI is InChI=1S/C26H33Cl2NO4S/c1-5-6-12-33-24-22(27)14-19(15-23(24)28)25(30)29(21-11-13-34(31,32)17-21)16-18-7-9-20(10-8-18)26(2,3)4/h7-10,14-15,21H,5-6,11-13,16-17H2,1-4H3. The maximum atomic E-state index is 13.6. The van der Waals surface area contributed by atoms with Crippen LogP contribution in [-0.4, -0.2) is 43.4 Å². The van der Waals surface area contributed by atoms with Gasteiger partial charge in [-0.25, -0.2) is 8.42 Å². The quantitative estimate of drug-likeness (QED) is 0.379. The summed E-state index contributed by atoms with van der Waals surface area (Å²) in [7, 11) is -3.18. The van der Waals surface area contributed by atoms with Crippen molar-refractivity contribution in [3.8, 4) is 5.75 Å². The smallest absolute Gasteiger partial charge is 0.254 e. The summed E-state index contributed by atoms with van der Waals surface area (Å²) in [6.45, 7) is 9.27. The SMILES string of the molecule is CCCCOc1c(Cl)cc(C(=O)N(Cc2ccc(C(C)(C)C)cc2)C2CCS(=O)(=O)C2)cc1Cl. The van der Waals surface area contributed by atoms with E-state index in [1.165, 1.54) is 5.56 Å². The molecule has 1 unspecified atom stereocenters. The summed E-state index contributed by atoms with van der Waals surface area (Å²) >= 11 is 12.8. The van der Waals surface area contributed by atoms with E-state index in [1.807, 2.05) is 12.1 Å². The first-order valence-electron chi connectivity index (χ1n) is 11.6. The second kappa shape index (κ2) is 10.9. The van der Waals surface area contributed by atoms with Crippen molar-refractivity contribution in [3.05, 3.63) is 63.1 Å². The van der Waals surface area contributed by atoms with Gasteiger partial charge in [0, 0.05) is 18.2 Å². The zero-order valence-corrected chi connectivity index (χ0v) is 22.6. The van der Waals surface area contributed by atoms with Gasteiger partial charge in [0.1, 0.15) is 0 Å². The van der Waals surface area contributed by atoms with E-state index in [4.69, 9.17) is 27.9 Å². The average Bonchev–Trinajstić information content (AvgIpc) is 3.12. The third kappa shape index (κ3) is 6.67. The lowest BCUT2D eigenvalue weighted by Crippen LogP contribution is -2.40. The summed E-state index contributed by atoms with van der Waals surface area (Å²) in [5.41, 5.74) is 2.45. The van der Waals surface area contributed by atoms with Gasteiger partial charge in [-0.15, -0.1) is 0 Å². The molecule has 2 aromatic rings. The van der Waals surface area contributed by atoms with Gasteiger partial charge in [0.25, 0.3) is 5.91 Å². The minimum atomic E-state index is -3.18. The number of nitrogens with zero attached hydrogens (tertiary/aromatic N) is 1. The van der Waals surface area contributed by atoms with Crippen LogP contribution in [0, 0.1) is 0 Å². The minimum absolute atomic E-state index is 0.0159. The molecular weight excluding hydrogens is 493 g/mol. The second-order valence-electron chi connectivity index (χ2n) is 9.91. The zero-order valence-electron chi connectivity index (χ0n) is 20.2. The van der Waals surface area contributed by atoms with Gasteiger partial charge in [0.15, 0.2) is 15.6 Å². The number of hydrogen-bond acceptors (Lipinski definition) is 4. The fraction of sp³-hybridized carbons (Fsp3) is 0.500. The van der Waals surface area contributed by atoms with Gasteiger partial charge < -0.3 is 9.64 Å². The van der Waals surface area contributed by atoms with Gasteiger partial charge in [-0.1, -0.05) is 81.6 Å². The molecule has 5 nitrogen and oxygen atoms in total. The molecule has 0 spiro atoms. The summed E-state index contributed by atoms with van der Waals surface area (Å²) in [5.74, 6) is 0.0984. The molecule has 1 heterocycles. The van der Waals surface area contributed by atoms with Crippen molar-refractivity contribution in [2.24, 2.45) is 0 Å². The fourth-order valence-corrected chi connectivity index (χ4v) is 6.33. The molecule has 1 aliphatic rings. The van der Waals surface area contributed by atoms with E-state index in [-0.39, 0.29) is 32.9 Å². The van der Waals surface area contributed by atoms with Crippen LogP contribution in [0.15, 0.2) is 36.4 Å². The van der Waals surface area contributed by atoms with E-state index >= 15 is 0 Å². The normalized spacial score (nSPS) is 17.5. The van der Waals surface area contributed by atoms with Crippen molar-refractivity contribution >= 4 is 38.9 Å². The maximum Gasteiger partial charge on any atom is 0.254 e. The van der Waals surface area contributed by atoms with Crippen molar-refractivity contribution in [2.45, 2.75) is 65.0 Å². The fourth-order valence-electron chi connectivity index (χ4n) is 4.00. The van der Waals surface area contributed by atoms with Crippen molar-refractivity contribution in [1.82, 2.24) is 4.90 Å². The van der Waals surface area contributed by atoms with Crippen molar-refractivity contribution in [3.63, 3.8) is 0 Å². The van der Waals surface area contributed by atoms with Crippen LogP contribution >= 0.6 is 23.2 Å². The summed E-state index contributed by atoms with van der Waals surface area (Å²) in [4.78, 5) is 15.3. The molecule has 3 rings (SSSR count). The van der Waals surface area contributed by atoms with Crippen molar-refractivity contribution < 1.29 is 17.9 Å². The van der Waals surface area contributed by atoms with Crippen LogP contribution in [0.5, 0.6) is 5.75 Å². The Hall–Kier alpha value is -1.76. The van der Waals surface area contributed by atoms with E-state index in [0.717, 1.165) is 18.4 Å². The molecule has 0 saturated carbocycles. The van der Waals surface area contributed by atoms with E-state index in [2.05, 4.69) is 39.8 Å². The molecule has 2 aromatic carbocycles. The number of unbranched alkanes of at least 4 members (excludes halogenated alkanes) is 1. The summed E-state index contributed by atoms with van der Waals surface area (Å²) in [5, 5.41) is 0.529. The Bertz CT molecular complexity index is 1100. The topological polar surface area (TPSA) is 63.7 Å². The lowest BCUT2D eigenvalue weighted by Gasteiger charge is -2.29. The van der Waals surface area contributed by atoms with Crippen LogP contribution in [0.2, 0.25) is 10.0 Å². The van der Waals surface area contributed by atoms with Crippen LogP contribution in [-0.2, 0) is 21.8 Å². The first-order chi connectivity index (χ1) is 15.9. The van der Waals surface area contributed by atoms with Crippen LogP contribution in [0.1, 0.15) is 68.4 Å². The number of halogens is 2. The van der Waals surface area contributed by atoms with Crippen LogP contribution in [0.3, 0.4) is 0 Å². The average molecular weight is 527 g/mol. The predicted octanol–water partition coefficient (Wildman–Crippen LogP) is 6.30. The third-order valence-electron chi connectivity index (χ3n) is 6.07. The molecule has 0 aromatic heterocycles. The molecule has 34 heavy (non-hydrogen) atoms. The molecule has 1 amide bonds. The van der Waals surface area contributed by atoms with Crippen LogP contribution < -0.4 is 4.74 Å². The van der Waals surface area contributed by atoms with Gasteiger partial charge in [-0.2, -0.15) is 0 Å². The maximum absolute atomic E-state index is 13.6. The monoisotopic (exact) mass is 525 g/mol. The molecule has 186 valence electrons. The lowest BCUT2D eigenvalue weighted by molar-refractivity contribution is 0.0681. The Balaban J connectivity index is 1.90. The van der Waals surface area contributed by atoms with Crippen molar-refractivity contribution in [1.29, 1.82) is 0 Å². The van der Waals surface area contributed by atoms with Crippen molar-refractivity contribution in [2.75, 3.05) is 18.1 Å². The number of amides is 1. The van der Waals surface area contributed by atoms with Crippen LogP contribution in [0.25, 0.3) is 0 Å². The number of hydrogen-bond donors (Lipinski definition) is 0. The Morgan fingerprint density at radius 3 is 2.24 bits per heavy atom. The summed E-state index contributed by atoms with van der Waals surface area (Å²) in [6.07, 6.45) is 2.25. The van der Waals surface area contributed by atoms with Gasteiger partial charge in [0.2, 0.25) is 0 Å².